The molecule has 6 rings (SSSR count). The molecule has 1 aliphatic heterocycles. The second kappa shape index (κ2) is 9.80. The smallest absolute Gasteiger partial charge is 0.295 e. The van der Waals surface area contributed by atoms with Gasteiger partial charge in [0.1, 0.15) is 13.6 Å². The molecule has 0 spiro atoms. The average molecular weight is 524 g/mol. The first-order valence-electron chi connectivity index (χ1n) is 12.9. The van der Waals surface area contributed by atoms with E-state index in [0.29, 0.717) is 42.6 Å². The van der Waals surface area contributed by atoms with Crippen LogP contribution in [0.2, 0.25) is 5.02 Å². The van der Waals surface area contributed by atoms with Crippen molar-refractivity contribution in [3.63, 3.8) is 0 Å². The molecule has 190 valence electrons. The predicted molar refractivity (Wildman–Crippen MR) is 152 cm³/mol. The zero-order valence-corrected chi connectivity index (χ0v) is 22.2. The number of nitrogens with one attached hydrogen (secondary N) is 1. The molecular weight excluding hydrogens is 497 g/mol. The van der Waals surface area contributed by atoms with Crippen LogP contribution < -0.4 is 10.2 Å². The molecule has 3 heterocycles. The van der Waals surface area contributed by atoms with E-state index in [9.17, 15) is 9.59 Å². The highest BCUT2D eigenvalue weighted by Gasteiger charge is 2.31. The molecule has 1 saturated heterocycles. The number of likely N-dealkylation sites (tertiary alicyclic amines) is 1. The van der Waals surface area contributed by atoms with E-state index < -0.39 is 11.7 Å². The first-order chi connectivity index (χ1) is 18.5. The topological polar surface area (TPSA) is 75.3 Å². The SMILES string of the molecule is Bc1ccc(OC)c2c(C(=O)C(=O)N3CCC(=C4c5ccc(Cl)cc5CCc5cccnc54)CC3)c[nH]c12. The molecule has 0 unspecified atom stereocenters. The van der Waals surface area contributed by atoms with Crippen LogP contribution >= 0.6 is 11.6 Å². The molecule has 2 aromatic heterocycles. The number of aromatic amines is 1. The second-order valence-corrected chi connectivity index (χ2v) is 10.4. The van der Waals surface area contributed by atoms with Crippen molar-refractivity contribution in [1.29, 1.82) is 0 Å². The van der Waals surface area contributed by atoms with E-state index in [-0.39, 0.29) is 0 Å². The van der Waals surface area contributed by atoms with Crippen LogP contribution in [-0.4, -0.2) is 54.6 Å². The van der Waals surface area contributed by atoms with Crippen molar-refractivity contribution in [1.82, 2.24) is 14.9 Å². The van der Waals surface area contributed by atoms with Gasteiger partial charge in [-0.05, 0) is 66.6 Å². The number of carbonyl (C=O) groups is 2. The Bertz CT molecular complexity index is 1630. The number of H-pyrrole nitrogens is 1. The Morgan fingerprint density at radius 3 is 2.63 bits per heavy atom. The number of ether oxygens (including phenoxy) is 1. The van der Waals surface area contributed by atoms with Gasteiger partial charge in [0.25, 0.3) is 11.7 Å². The Balaban J connectivity index is 1.31. The van der Waals surface area contributed by atoms with Crippen LogP contribution in [0.3, 0.4) is 0 Å². The summed E-state index contributed by atoms with van der Waals surface area (Å²) in [7, 11) is 3.53. The predicted octanol–water partition coefficient (Wildman–Crippen LogP) is 3.89. The summed E-state index contributed by atoms with van der Waals surface area (Å²) in [4.78, 5) is 36.4. The molecule has 1 aliphatic carbocycles. The van der Waals surface area contributed by atoms with Crippen molar-refractivity contribution in [2.75, 3.05) is 20.2 Å². The number of benzene rings is 2. The van der Waals surface area contributed by atoms with Gasteiger partial charge in [0, 0.05) is 41.6 Å². The number of hydrogen-bond donors (Lipinski definition) is 1. The van der Waals surface area contributed by atoms with Crippen LogP contribution in [0.4, 0.5) is 0 Å². The molecule has 38 heavy (non-hydrogen) atoms. The number of ketones is 1. The summed E-state index contributed by atoms with van der Waals surface area (Å²) in [6, 6.07) is 14.0. The molecule has 4 aromatic rings. The number of Topliss-reactive ketones (excluding diaryl/α,β-unsaturated/α-hetero) is 1. The normalized spacial score (nSPS) is 15.2. The van der Waals surface area contributed by atoms with E-state index in [0.717, 1.165) is 40.1 Å². The zero-order valence-electron chi connectivity index (χ0n) is 21.4. The molecule has 1 N–H and O–H groups in total. The highest BCUT2D eigenvalue weighted by Crippen LogP contribution is 2.38. The largest absolute Gasteiger partial charge is 0.496 e. The van der Waals surface area contributed by atoms with Crippen LogP contribution in [0, 0.1) is 0 Å². The van der Waals surface area contributed by atoms with Crippen molar-refractivity contribution in [3.8, 4) is 5.75 Å². The third-order valence-electron chi connectivity index (χ3n) is 7.80. The van der Waals surface area contributed by atoms with E-state index in [1.165, 1.54) is 22.3 Å². The van der Waals surface area contributed by atoms with Gasteiger partial charge in [0.05, 0.1) is 23.8 Å². The number of methoxy groups -OCH3 is 1. The maximum atomic E-state index is 13.4. The van der Waals surface area contributed by atoms with E-state index >= 15 is 0 Å². The van der Waals surface area contributed by atoms with Crippen molar-refractivity contribution < 1.29 is 14.3 Å². The number of amides is 1. The second-order valence-electron chi connectivity index (χ2n) is 9.95. The minimum Gasteiger partial charge on any atom is -0.496 e. The van der Waals surface area contributed by atoms with Crippen LogP contribution in [0.15, 0.2) is 60.4 Å². The van der Waals surface area contributed by atoms with Gasteiger partial charge in [-0.3, -0.25) is 14.6 Å². The van der Waals surface area contributed by atoms with Gasteiger partial charge in [-0.1, -0.05) is 40.8 Å². The van der Waals surface area contributed by atoms with E-state index in [1.54, 1.807) is 18.2 Å². The standard InChI is InChI=1S/C30H27BClN3O3/c1-38-24-9-8-23(31)28-26(24)22(16-34-28)29(36)30(37)35-13-10-17(11-14-35)25-21-7-6-20(32)15-19(21)5-4-18-3-2-12-33-27(18)25/h2-3,6-9,12,15-16,34H,4-5,10-11,13-14,31H2,1H3. The highest BCUT2D eigenvalue weighted by molar-refractivity contribution is 6.46. The van der Waals surface area contributed by atoms with Crippen molar-refractivity contribution >= 4 is 53.1 Å². The number of halogens is 1. The third kappa shape index (κ3) is 4.11. The van der Waals surface area contributed by atoms with Gasteiger partial charge < -0.3 is 14.6 Å². The third-order valence-corrected chi connectivity index (χ3v) is 8.04. The number of fused-ring (bicyclic) bond motifs is 3. The number of rotatable bonds is 3. The lowest BCUT2D eigenvalue weighted by molar-refractivity contribution is -0.126. The molecule has 1 fully saturated rings. The molecular formula is C30H27BClN3O3. The van der Waals surface area contributed by atoms with Crippen LogP contribution in [-0.2, 0) is 17.6 Å². The lowest BCUT2D eigenvalue weighted by Gasteiger charge is -2.30. The monoisotopic (exact) mass is 523 g/mol. The molecule has 0 atom stereocenters. The number of pyridine rings is 1. The minimum atomic E-state index is -0.516. The number of nitrogens with zero attached hydrogens (tertiary/aromatic N) is 2. The first-order valence-corrected chi connectivity index (χ1v) is 13.3. The first kappa shape index (κ1) is 24.5. The highest BCUT2D eigenvalue weighted by atomic mass is 35.5. The Morgan fingerprint density at radius 2 is 1.84 bits per heavy atom. The van der Waals surface area contributed by atoms with E-state index in [4.69, 9.17) is 21.3 Å². The number of carbonyl (C=O) groups excluding carboxylic acids is 2. The molecule has 0 bridgehead atoms. The fourth-order valence-electron chi connectivity index (χ4n) is 5.83. The summed E-state index contributed by atoms with van der Waals surface area (Å²) in [5.74, 6) is -0.422. The van der Waals surface area contributed by atoms with E-state index in [2.05, 4.69) is 23.2 Å². The summed E-state index contributed by atoms with van der Waals surface area (Å²) >= 11 is 6.35. The lowest BCUT2D eigenvalue weighted by atomic mass is 9.88. The fourth-order valence-corrected chi connectivity index (χ4v) is 6.02. The van der Waals surface area contributed by atoms with Crippen molar-refractivity contribution in [2.45, 2.75) is 25.7 Å². The van der Waals surface area contributed by atoms with Crippen LogP contribution in [0.25, 0.3) is 16.5 Å². The van der Waals surface area contributed by atoms with Gasteiger partial charge >= 0.3 is 0 Å². The van der Waals surface area contributed by atoms with Gasteiger partial charge in [0.2, 0.25) is 0 Å². The van der Waals surface area contributed by atoms with Crippen LogP contribution in [0.5, 0.6) is 5.75 Å². The van der Waals surface area contributed by atoms with E-state index in [1.807, 2.05) is 38.3 Å². The Labute approximate surface area is 227 Å². The lowest BCUT2D eigenvalue weighted by Crippen LogP contribution is -2.40. The summed E-state index contributed by atoms with van der Waals surface area (Å²) in [5, 5.41) is 1.39. The number of hydrogen-bond acceptors (Lipinski definition) is 4. The fraction of sp³-hybridized carbons (Fsp3) is 0.233. The molecule has 6 nitrogen and oxygen atoms in total. The summed E-state index contributed by atoms with van der Waals surface area (Å²) < 4.78 is 5.50. The van der Waals surface area contributed by atoms with Crippen LogP contribution in [0.1, 0.15) is 45.6 Å². The molecule has 1 amide bonds. The van der Waals surface area contributed by atoms with Crippen molar-refractivity contribution in [3.05, 3.63) is 93.4 Å². The Kier molecular flexibility index (Phi) is 6.32. The molecule has 8 heteroatoms. The minimum absolute atomic E-state index is 0.349. The van der Waals surface area contributed by atoms with Gasteiger partial charge in [-0.2, -0.15) is 0 Å². The quantitative estimate of drug-likeness (QED) is 0.251. The summed E-state index contributed by atoms with van der Waals surface area (Å²) in [5.41, 5.74) is 9.18. The molecule has 2 aliphatic rings. The maximum absolute atomic E-state index is 13.4. The summed E-state index contributed by atoms with van der Waals surface area (Å²) in [6.45, 7) is 0.958. The average Bonchev–Trinajstić information content (AvgIpc) is 3.33. The zero-order chi connectivity index (χ0) is 26.4. The molecule has 0 radical (unpaired) electrons. The number of aromatic nitrogens is 2. The number of aryl methyl sites for hydroxylation is 2. The van der Waals surface area contributed by atoms with Crippen molar-refractivity contribution in [2.24, 2.45) is 0 Å². The molecule has 0 saturated carbocycles. The van der Waals surface area contributed by atoms with Gasteiger partial charge in [-0.15, -0.1) is 0 Å². The van der Waals surface area contributed by atoms with Gasteiger partial charge in [-0.25, -0.2) is 0 Å². The molecule has 2 aromatic carbocycles. The Morgan fingerprint density at radius 1 is 1.05 bits per heavy atom. The van der Waals surface area contributed by atoms with Gasteiger partial charge in [0.15, 0.2) is 0 Å². The summed E-state index contributed by atoms with van der Waals surface area (Å²) in [6.07, 6.45) is 6.63. The maximum Gasteiger partial charge on any atom is 0.295 e. The Hall–Kier alpha value is -3.84. The number of piperidine rings is 1.